The molecule has 0 radical (unpaired) electrons. The van der Waals surface area contributed by atoms with E-state index in [2.05, 4.69) is 17.3 Å². The molecule has 1 aromatic heterocycles. The van der Waals surface area contributed by atoms with E-state index in [0.717, 1.165) is 23.5 Å². The molecule has 0 bridgehead atoms. The number of hydrogen-bond acceptors (Lipinski definition) is 3. The van der Waals surface area contributed by atoms with Crippen molar-refractivity contribution in [3.63, 3.8) is 0 Å². The van der Waals surface area contributed by atoms with Crippen LogP contribution < -0.4 is 15.8 Å². The number of nitrogens with zero attached hydrogens (tertiary/aromatic N) is 2. The number of aryl methyl sites for hydroxylation is 2. The second-order valence-corrected chi connectivity index (χ2v) is 4.81. The fourth-order valence-corrected chi connectivity index (χ4v) is 1.96. The minimum Gasteiger partial charge on any atom is -0.487 e. The lowest BCUT2D eigenvalue weighted by Gasteiger charge is -2.11. The third-order valence-corrected chi connectivity index (χ3v) is 3.00. The summed E-state index contributed by atoms with van der Waals surface area (Å²) in [6, 6.07) is 7.55. The van der Waals surface area contributed by atoms with Crippen molar-refractivity contribution in [3.05, 3.63) is 41.7 Å². The van der Waals surface area contributed by atoms with Gasteiger partial charge in [-0.1, -0.05) is 12.1 Å². The standard InChI is InChI=1S/C14H18N4OS/c1-3-18-8-11(10(2)17-18)9-19-13-7-5-4-6-12(13)16-14(15)20/h4-8H,3,9H2,1-2H3,(H3,15,16,20). The van der Waals surface area contributed by atoms with Crippen LogP contribution in [0.4, 0.5) is 5.69 Å². The van der Waals surface area contributed by atoms with E-state index in [9.17, 15) is 0 Å². The first kappa shape index (κ1) is 14.3. The van der Waals surface area contributed by atoms with Crippen LogP contribution in [0.1, 0.15) is 18.2 Å². The van der Waals surface area contributed by atoms with Gasteiger partial charge in [0, 0.05) is 18.3 Å². The Kier molecular flexibility index (Phi) is 4.57. The van der Waals surface area contributed by atoms with E-state index < -0.39 is 0 Å². The number of thiocarbonyl (C=S) groups is 1. The second kappa shape index (κ2) is 6.38. The van der Waals surface area contributed by atoms with Crippen molar-refractivity contribution in [2.24, 2.45) is 5.73 Å². The first-order valence-electron chi connectivity index (χ1n) is 6.41. The van der Waals surface area contributed by atoms with E-state index >= 15 is 0 Å². The van der Waals surface area contributed by atoms with Crippen molar-refractivity contribution in [2.75, 3.05) is 5.32 Å². The predicted octanol–water partition coefficient (Wildman–Crippen LogP) is 2.45. The van der Waals surface area contributed by atoms with Crippen LogP contribution in [0.5, 0.6) is 5.75 Å². The van der Waals surface area contributed by atoms with Crippen LogP contribution in [0.3, 0.4) is 0 Å². The molecule has 0 aliphatic heterocycles. The molecule has 1 aromatic carbocycles. The highest BCUT2D eigenvalue weighted by Crippen LogP contribution is 2.24. The van der Waals surface area contributed by atoms with Gasteiger partial charge in [-0.3, -0.25) is 4.68 Å². The molecule has 0 aliphatic rings. The smallest absolute Gasteiger partial charge is 0.168 e. The van der Waals surface area contributed by atoms with Crippen LogP contribution in [0.25, 0.3) is 0 Å². The van der Waals surface area contributed by atoms with Crippen molar-refractivity contribution in [1.29, 1.82) is 0 Å². The van der Waals surface area contributed by atoms with Gasteiger partial charge in [-0.2, -0.15) is 5.10 Å². The minimum absolute atomic E-state index is 0.219. The van der Waals surface area contributed by atoms with Gasteiger partial charge in [-0.05, 0) is 38.2 Å². The molecule has 0 amide bonds. The summed E-state index contributed by atoms with van der Waals surface area (Å²) in [6.07, 6.45) is 2.00. The van der Waals surface area contributed by atoms with Gasteiger partial charge in [0.1, 0.15) is 12.4 Å². The Balaban J connectivity index is 2.10. The predicted molar refractivity (Wildman–Crippen MR) is 83.8 cm³/mol. The zero-order valence-corrected chi connectivity index (χ0v) is 12.4. The van der Waals surface area contributed by atoms with Crippen molar-refractivity contribution in [1.82, 2.24) is 9.78 Å². The lowest BCUT2D eigenvalue weighted by Crippen LogP contribution is -2.19. The summed E-state index contributed by atoms with van der Waals surface area (Å²) >= 11 is 4.85. The Morgan fingerprint density at radius 3 is 2.85 bits per heavy atom. The topological polar surface area (TPSA) is 65.1 Å². The summed E-state index contributed by atoms with van der Waals surface area (Å²) in [5, 5.41) is 7.52. The van der Waals surface area contributed by atoms with Crippen LogP contribution in [-0.4, -0.2) is 14.9 Å². The maximum atomic E-state index is 5.83. The number of para-hydroxylation sites is 2. The van der Waals surface area contributed by atoms with Gasteiger partial charge in [-0.25, -0.2) is 0 Å². The molecule has 0 unspecified atom stereocenters. The molecule has 20 heavy (non-hydrogen) atoms. The molecule has 3 N–H and O–H groups in total. The number of nitrogens with two attached hydrogens (primary N) is 1. The highest BCUT2D eigenvalue weighted by molar-refractivity contribution is 7.80. The molecular weight excluding hydrogens is 272 g/mol. The molecule has 0 spiro atoms. The van der Waals surface area contributed by atoms with E-state index in [1.165, 1.54) is 0 Å². The summed E-state index contributed by atoms with van der Waals surface area (Å²) in [4.78, 5) is 0. The molecule has 2 aromatic rings. The molecule has 0 aliphatic carbocycles. The lowest BCUT2D eigenvalue weighted by molar-refractivity contribution is 0.307. The molecule has 0 fully saturated rings. The molecule has 1 heterocycles. The SMILES string of the molecule is CCn1cc(COc2ccccc2NC(N)=S)c(C)n1. The molecule has 106 valence electrons. The monoisotopic (exact) mass is 290 g/mol. The summed E-state index contributed by atoms with van der Waals surface area (Å²) in [7, 11) is 0. The van der Waals surface area contributed by atoms with Crippen molar-refractivity contribution in [3.8, 4) is 5.75 Å². The van der Waals surface area contributed by atoms with E-state index in [1.807, 2.05) is 42.1 Å². The number of rotatable bonds is 5. The van der Waals surface area contributed by atoms with E-state index in [0.29, 0.717) is 12.4 Å². The van der Waals surface area contributed by atoms with Crippen molar-refractivity contribution < 1.29 is 4.74 Å². The largest absolute Gasteiger partial charge is 0.487 e. The average Bonchev–Trinajstić information content (AvgIpc) is 2.78. The normalized spacial score (nSPS) is 10.3. The average molecular weight is 290 g/mol. The highest BCUT2D eigenvalue weighted by atomic mass is 32.1. The lowest BCUT2D eigenvalue weighted by atomic mass is 10.2. The van der Waals surface area contributed by atoms with Gasteiger partial charge in [0.15, 0.2) is 5.11 Å². The number of benzene rings is 1. The Morgan fingerprint density at radius 2 is 2.20 bits per heavy atom. The van der Waals surface area contributed by atoms with Crippen LogP contribution in [0.15, 0.2) is 30.5 Å². The molecule has 0 atom stereocenters. The zero-order valence-electron chi connectivity index (χ0n) is 11.6. The highest BCUT2D eigenvalue weighted by Gasteiger charge is 2.07. The van der Waals surface area contributed by atoms with Crippen LogP contribution in [0.2, 0.25) is 0 Å². The first-order valence-corrected chi connectivity index (χ1v) is 6.82. The summed E-state index contributed by atoms with van der Waals surface area (Å²) in [5.74, 6) is 0.712. The molecule has 6 heteroatoms. The molecular formula is C14H18N4OS. The van der Waals surface area contributed by atoms with E-state index in [4.69, 9.17) is 22.7 Å². The van der Waals surface area contributed by atoms with Gasteiger partial charge in [0.25, 0.3) is 0 Å². The van der Waals surface area contributed by atoms with Gasteiger partial charge < -0.3 is 15.8 Å². The fraction of sp³-hybridized carbons (Fsp3) is 0.286. The van der Waals surface area contributed by atoms with Crippen LogP contribution in [0, 0.1) is 6.92 Å². The van der Waals surface area contributed by atoms with Crippen molar-refractivity contribution in [2.45, 2.75) is 27.0 Å². The number of nitrogens with one attached hydrogen (secondary N) is 1. The summed E-state index contributed by atoms with van der Waals surface area (Å²) in [6.45, 7) is 5.34. The molecule has 2 rings (SSSR count). The van der Waals surface area contributed by atoms with Crippen LogP contribution in [-0.2, 0) is 13.2 Å². The Labute approximate surface area is 123 Å². The Hall–Kier alpha value is -2.08. The van der Waals surface area contributed by atoms with Gasteiger partial charge in [-0.15, -0.1) is 0 Å². The molecule has 5 nitrogen and oxygen atoms in total. The Bertz CT molecular complexity index is 609. The Morgan fingerprint density at radius 1 is 1.45 bits per heavy atom. The fourth-order valence-electron chi connectivity index (χ4n) is 1.85. The summed E-state index contributed by atoms with van der Waals surface area (Å²) < 4.78 is 7.73. The van der Waals surface area contributed by atoms with Gasteiger partial charge in [0.05, 0.1) is 11.4 Å². The van der Waals surface area contributed by atoms with Gasteiger partial charge in [0.2, 0.25) is 0 Å². The maximum absolute atomic E-state index is 5.83. The molecule has 0 saturated carbocycles. The first-order chi connectivity index (χ1) is 9.60. The summed E-state index contributed by atoms with van der Waals surface area (Å²) in [5.41, 5.74) is 8.31. The number of aromatic nitrogens is 2. The third-order valence-electron chi connectivity index (χ3n) is 2.90. The second-order valence-electron chi connectivity index (χ2n) is 4.37. The zero-order chi connectivity index (χ0) is 14.5. The van der Waals surface area contributed by atoms with E-state index in [-0.39, 0.29) is 5.11 Å². The number of ether oxygens (including phenoxy) is 1. The molecule has 0 saturated heterocycles. The quantitative estimate of drug-likeness (QED) is 0.828. The van der Waals surface area contributed by atoms with Gasteiger partial charge >= 0.3 is 0 Å². The van der Waals surface area contributed by atoms with Crippen LogP contribution >= 0.6 is 12.2 Å². The maximum Gasteiger partial charge on any atom is 0.168 e. The minimum atomic E-state index is 0.219. The van der Waals surface area contributed by atoms with Crippen molar-refractivity contribution >= 4 is 23.0 Å². The van der Waals surface area contributed by atoms with E-state index in [1.54, 1.807) is 0 Å². The number of anilines is 1. The third kappa shape index (κ3) is 3.48. The number of hydrogen-bond donors (Lipinski definition) is 2.